The minimum absolute atomic E-state index is 0.0154. The first-order valence-corrected chi connectivity index (χ1v) is 4.92. The molecule has 5 nitrogen and oxygen atoms in total. The molecule has 94 valence electrons. The molecule has 0 aliphatic rings. The molecule has 7 heteroatoms. The Morgan fingerprint density at radius 1 is 1.47 bits per heavy atom. The van der Waals surface area contributed by atoms with Crippen molar-refractivity contribution in [3.05, 3.63) is 39.4 Å². The second kappa shape index (κ2) is 5.65. The third-order valence-corrected chi connectivity index (χ3v) is 2.23. The van der Waals surface area contributed by atoms with Crippen molar-refractivity contribution in [2.24, 2.45) is 0 Å². The Balaban J connectivity index is 2.92. The molecule has 0 radical (unpaired) electrons. The van der Waals surface area contributed by atoms with Gasteiger partial charge in [-0.2, -0.15) is 4.39 Å². The van der Waals surface area contributed by atoms with E-state index in [0.717, 1.165) is 6.07 Å². The van der Waals surface area contributed by atoms with Gasteiger partial charge in [-0.3, -0.25) is 10.1 Å². The van der Waals surface area contributed by atoms with E-state index < -0.39 is 22.2 Å². The summed E-state index contributed by atoms with van der Waals surface area (Å²) in [7, 11) is 0. The van der Waals surface area contributed by atoms with Crippen LogP contribution < -0.4 is 5.32 Å². The fraction of sp³-hybridized carbons (Fsp3) is 0.400. The number of nitrogens with zero attached hydrogens (tertiary/aromatic N) is 1. The minimum Gasteiger partial charge on any atom is -0.395 e. The molecule has 1 atom stereocenters. The van der Waals surface area contributed by atoms with Crippen LogP contribution in [-0.2, 0) is 6.54 Å². The van der Waals surface area contributed by atoms with E-state index in [-0.39, 0.29) is 24.8 Å². The predicted molar refractivity (Wildman–Crippen MR) is 56.4 cm³/mol. The number of aliphatic hydroxyl groups excluding tert-OH is 1. The van der Waals surface area contributed by atoms with Crippen LogP contribution in [0.15, 0.2) is 12.1 Å². The fourth-order valence-electron chi connectivity index (χ4n) is 1.20. The Labute approximate surface area is 96.2 Å². The Morgan fingerprint density at radius 2 is 2.12 bits per heavy atom. The van der Waals surface area contributed by atoms with Gasteiger partial charge in [0.1, 0.15) is 5.82 Å². The van der Waals surface area contributed by atoms with Gasteiger partial charge in [0, 0.05) is 30.3 Å². The van der Waals surface area contributed by atoms with Gasteiger partial charge >= 0.3 is 5.69 Å². The molecule has 0 fully saturated rings. The molecule has 2 N–H and O–H groups in total. The molecule has 0 spiro atoms. The highest BCUT2D eigenvalue weighted by Gasteiger charge is 2.18. The summed E-state index contributed by atoms with van der Waals surface area (Å²) in [5.74, 6) is -2.06. The first-order chi connectivity index (χ1) is 7.95. The highest BCUT2D eigenvalue weighted by atomic mass is 19.1. The number of benzene rings is 1. The first kappa shape index (κ1) is 13.5. The molecule has 0 aliphatic carbocycles. The SMILES string of the molecule is CC(CO)NCc1cc([N+](=O)[O-])c(F)cc1F. The molecule has 0 aromatic heterocycles. The van der Waals surface area contributed by atoms with Crippen LogP contribution in [0.1, 0.15) is 12.5 Å². The molecule has 1 rings (SSSR count). The molecule has 17 heavy (non-hydrogen) atoms. The Hall–Kier alpha value is -1.60. The van der Waals surface area contributed by atoms with Gasteiger partial charge in [0.2, 0.25) is 5.82 Å². The number of nitro benzene ring substituents is 1. The van der Waals surface area contributed by atoms with Gasteiger partial charge in [-0.25, -0.2) is 4.39 Å². The maximum absolute atomic E-state index is 13.3. The molecule has 0 saturated carbocycles. The lowest BCUT2D eigenvalue weighted by atomic mass is 10.1. The molecule has 0 heterocycles. The molecule has 0 saturated heterocycles. The van der Waals surface area contributed by atoms with E-state index in [1.807, 2.05) is 0 Å². The van der Waals surface area contributed by atoms with Crippen LogP contribution in [0.5, 0.6) is 0 Å². The summed E-state index contributed by atoms with van der Waals surface area (Å²) in [5, 5.41) is 21.9. The summed E-state index contributed by atoms with van der Waals surface area (Å²) in [4.78, 5) is 9.55. The maximum atomic E-state index is 13.3. The maximum Gasteiger partial charge on any atom is 0.305 e. The van der Waals surface area contributed by atoms with Crippen molar-refractivity contribution in [3.63, 3.8) is 0 Å². The predicted octanol–water partition coefficient (Wildman–Crippen LogP) is 1.34. The highest BCUT2D eigenvalue weighted by molar-refractivity contribution is 5.37. The van der Waals surface area contributed by atoms with Crippen LogP contribution in [0.3, 0.4) is 0 Å². The van der Waals surface area contributed by atoms with Crippen molar-refractivity contribution in [2.75, 3.05) is 6.61 Å². The van der Waals surface area contributed by atoms with E-state index in [2.05, 4.69) is 5.32 Å². The van der Waals surface area contributed by atoms with Gasteiger partial charge in [-0.05, 0) is 6.92 Å². The van der Waals surface area contributed by atoms with Crippen molar-refractivity contribution in [2.45, 2.75) is 19.5 Å². The summed E-state index contributed by atoms with van der Waals surface area (Å²) in [6.45, 7) is 1.50. The van der Waals surface area contributed by atoms with Gasteiger partial charge < -0.3 is 10.4 Å². The van der Waals surface area contributed by atoms with Crippen LogP contribution in [0, 0.1) is 21.7 Å². The molecular formula is C10H12F2N2O3. The fourth-order valence-corrected chi connectivity index (χ4v) is 1.20. The summed E-state index contributed by atoms with van der Waals surface area (Å²) in [5.41, 5.74) is -0.779. The second-order valence-electron chi connectivity index (χ2n) is 3.62. The quantitative estimate of drug-likeness (QED) is 0.607. The zero-order chi connectivity index (χ0) is 13.0. The average Bonchev–Trinajstić information content (AvgIpc) is 2.26. The van der Waals surface area contributed by atoms with Crippen LogP contribution in [0.2, 0.25) is 0 Å². The zero-order valence-corrected chi connectivity index (χ0v) is 9.11. The molecule has 1 aromatic rings. The van der Waals surface area contributed by atoms with Crippen LogP contribution in [-0.4, -0.2) is 22.7 Å². The second-order valence-corrected chi connectivity index (χ2v) is 3.62. The summed E-state index contributed by atoms with van der Waals surface area (Å²) in [6.07, 6.45) is 0. The largest absolute Gasteiger partial charge is 0.395 e. The number of nitro groups is 1. The topological polar surface area (TPSA) is 75.4 Å². The Morgan fingerprint density at radius 3 is 2.65 bits per heavy atom. The number of halogens is 2. The molecule has 1 unspecified atom stereocenters. The summed E-state index contributed by atoms with van der Waals surface area (Å²) < 4.78 is 26.3. The van der Waals surface area contributed by atoms with Crippen LogP contribution in [0.25, 0.3) is 0 Å². The third-order valence-electron chi connectivity index (χ3n) is 2.23. The molecule has 0 amide bonds. The van der Waals surface area contributed by atoms with E-state index in [9.17, 15) is 18.9 Å². The number of rotatable bonds is 5. The van der Waals surface area contributed by atoms with E-state index >= 15 is 0 Å². The van der Waals surface area contributed by atoms with Gasteiger partial charge in [-0.15, -0.1) is 0 Å². The van der Waals surface area contributed by atoms with E-state index in [1.165, 1.54) is 0 Å². The van der Waals surface area contributed by atoms with Crippen molar-refractivity contribution < 1.29 is 18.8 Å². The lowest BCUT2D eigenvalue weighted by Gasteiger charge is -2.11. The zero-order valence-electron chi connectivity index (χ0n) is 9.11. The monoisotopic (exact) mass is 246 g/mol. The first-order valence-electron chi connectivity index (χ1n) is 4.92. The van der Waals surface area contributed by atoms with Crippen LogP contribution in [0.4, 0.5) is 14.5 Å². The summed E-state index contributed by atoms with van der Waals surface area (Å²) >= 11 is 0. The Bertz CT molecular complexity index is 426. The van der Waals surface area contributed by atoms with Crippen molar-refractivity contribution >= 4 is 5.69 Å². The van der Waals surface area contributed by atoms with E-state index in [1.54, 1.807) is 6.92 Å². The van der Waals surface area contributed by atoms with E-state index in [0.29, 0.717) is 6.07 Å². The lowest BCUT2D eigenvalue weighted by molar-refractivity contribution is -0.387. The normalized spacial score (nSPS) is 12.5. The molecule has 0 aliphatic heterocycles. The van der Waals surface area contributed by atoms with Crippen LogP contribution >= 0.6 is 0 Å². The molecular weight excluding hydrogens is 234 g/mol. The number of aliphatic hydroxyl groups is 1. The smallest absolute Gasteiger partial charge is 0.305 e. The Kier molecular flexibility index (Phi) is 4.47. The molecule has 0 bridgehead atoms. The van der Waals surface area contributed by atoms with Gasteiger partial charge in [0.25, 0.3) is 0 Å². The lowest BCUT2D eigenvalue weighted by Crippen LogP contribution is -2.29. The number of nitrogens with one attached hydrogen (secondary N) is 1. The number of hydrogen-bond donors (Lipinski definition) is 2. The third kappa shape index (κ3) is 3.43. The highest BCUT2D eigenvalue weighted by Crippen LogP contribution is 2.21. The van der Waals surface area contributed by atoms with Crippen molar-refractivity contribution in [1.29, 1.82) is 0 Å². The van der Waals surface area contributed by atoms with Gasteiger partial charge in [0.15, 0.2) is 0 Å². The van der Waals surface area contributed by atoms with Crippen molar-refractivity contribution in [3.8, 4) is 0 Å². The minimum atomic E-state index is -1.20. The van der Waals surface area contributed by atoms with Gasteiger partial charge in [-0.1, -0.05) is 0 Å². The average molecular weight is 246 g/mol. The van der Waals surface area contributed by atoms with E-state index in [4.69, 9.17) is 5.11 Å². The van der Waals surface area contributed by atoms with Gasteiger partial charge in [0.05, 0.1) is 11.5 Å². The van der Waals surface area contributed by atoms with Crippen molar-refractivity contribution in [1.82, 2.24) is 5.32 Å². The number of hydrogen-bond acceptors (Lipinski definition) is 4. The standard InChI is InChI=1S/C10H12F2N2O3/c1-6(5-15)13-4-7-2-10(14(16)17)9(12)3-8(7)11/h2-3,6,13,15H,4-5H2,1H3. The summed E-state index contributed by atoms with van der Waals surface area (Å²) in [6, 6.07) is 1.05. The molecule has 1 aromatic carbocycles.